The van der Waals surface area contributed by atoms with Crippen LogP contribution in [0, 0.1) is 0 Å². The first kappa shape index (κ1) is 10.1. The van der Waals surface area contributed by atoms with Gasteiger partial charge in [0.1, 0.15) is 6.10 Å². The van der Waals surface area contributed by atoms with Crippen molar-refractivity contribution in [3.8, 4) is 0 Å². The Bertz CT molecular complexity index is 249. The molecule has 74 valence electrons. The van der Waals surface area contributed by atoms with Crippen LogP contribution in [0.5, 0.6) is 0 Å². The zero-order valence-corrected chi connectivity index (χ0v) is 8.20. The van der Waals surface area contributed by atoms with Gasteiger partial charge in [0.05, 0.1) is 6.54 Å². The average Bonchev–Trinajstić information content (AvgIpc) is 2.62. The van der Waals surface area contributed by atoms with Crippen LogP contribution in [0.15, 0.2) is 4.52 Å². The highest BCUT2D eigenvalue weighted by Gasteiger charge is 2.11. The van der Waals surface area contributed by atoms with Gasteiger partial charge in [-0.3, -0.25) is 0 Å². The fourth-order valence-corrected chi connectivity index (χ4v) is 0.842. The molecule has 1 rings (SSSR count). The zero-order chi connectivity index (χ0) is 9.68. The highest BCUT2D eigenvalue weighted by molar-refractivity contribution is 4.89. The van der Waals surface area contributed by atoms with Crippen LogP contribution in [-0.4, -0.2) is 23.8 Å². The van der Waals surface area contributed by atoms with E-state index in [0.29, 0.717) is 18.3 Å². The Morgan fingerprint density at radius 1 is 1.62 bits per heavy atom. The van der Waals surface area contributed by atoms with Gasteiger partial charge in [-0.05, 0) is 13.5 Å². The summed E-state index contributed by atoms with van der Waals surface area (Å²) in [4.78, 5) is 4.15. The van der Waals surface area contributed by atoms with Crippen LogP contribution in [0.4, 0.5) is 0 Å². The van der Waals surface area contributed by atoms with E-state index in [1.165, 1.54) is 0 Å². The molecule has 1 aromatic rings. The summed E-state index contributed by atoms with van der Waals surface area (Å²) in [5.74, 6) is 1.19. The van der Waals surface area contributed by atoms with Crippen LogP contribution in [0.25, 0.3) is 0 Å². The molecular formula is C8H15N3O2. The number of ether oxygens (including phenoxy) is 1. The number of hydrogen-bond donors (Lipinski definition) is 1. The summed E-state index contributed by atoms with van der Waals surface area (Å²) >= 11 is 0. The SMILES string of the molecule is CCNCc1nc(C(C)OC)no1. The molecule has 0 aliphatic carbocycles. The van der Waals surface area contributed by atoms with Crippen LogP contribution in [0.2, 0.25) is 0 Å². The monoisotopic (exact) mass is 185 g/mol. The van der Waals surface area contributed by atoms with Crippen molar-refractivity contribution in [1.29, 1.82) is 0 Å². The molecule has 0 bridgehead atoms. The van der Waals surface area contributed by atoms with Gasteiger partial charge in [-0.25, -0.2) is 0 Å². The van der Waals surface area contributed by atoms with Crippen molar-refractivity contribution in [3.63, 3.8) is 0 Å². The van der Waals surface area contributed by atoms with Gasteiger partial charge in [0.25, 0.3) is 0 Å². The maximum atomic E-state index is 5.05. The summed E-state index contributed by atoms with van der Waals surface area (Å²) in [7, 11) is 1.62. The topological polar surface area (TPSA) is 60.2 Å². The van der Waals surface area contributed by atoms with E-state index in [9.17, 15) is 0 Å². The van der Waals surface area contributed by atoms with Gasteiger partial charge in [-0.2, -0.15) is 4.98 Å². The molecule has 0 amide bonds. The van der Waals surface area contributed by atoms with Crippen LogP contribution >= 0.6 is 0 Å². The van der Waals surface area contributed by atoms with Crippen LogP contribution in [0.3, 0.4) is 0 Å². The van der Waals surface area contributed by atoms with Gasteiger partial charge in [0.2, 0.25) is 5.89 Å². The van der Waals surface area contributed by atoms with Crippen LogP contribution < -0.4 is 5.32 Å². The molecule has 0 aliphatic heterocycles. The van der Waals surface area contributed by atoms with Crippen molar-refractivity contribution in [2.24, 2.45) is 0 Å². The van der Waals surface area contributed by atoms with Gasteiger partial charge in [0, 0.05) is 7.11 Å². The van der Waals surface area contributed by atoms with Crippen molar-refractivity contribution >= 4 is 0 Å². The summed E-state index contributed by atoms with van der Waals surface area (Å²) < 4.78 is 10.0. The summed E-state index contributed by atoms with van der Waals surface area (Å²) in [6, 6.07) is 0. The molecule has 5 heteroatoms. The van der Waals surface area contributed by atoms with E-state index in [1.807, 2.05) is 13.8 Å². The highest BCUT2D eigenvalue weighted by Crippen LogP contribution is 2.10. The number of rotatable bonds is 5. The predicted octanol–water partition coefficient (Wildman–Crippen LogP) is 0.886. The number of aromatic nitrogens is 2. The predicted molar refractivity (Wildman–Crippen MR) is 47.1 cm³/mol. The second-order valence-electron chi connectivity index (χ2n) is 2.70. The Labute approximate surface area is 77.5 Å². The maximum Gasteiger partial charge on any atom is 0.240 e. The maximum absolute atomic E-state index is 5.05. The molecule has 1 N–H and O–H groups in total. The lowest BCUT2D eigenvalue weighted by atomic mass is 10.4. The van der Waals surface area contributed by atoms with E-state index in [-0.39, 0.29) is 6.10 Å². The fourth-order valence-electron chi connectivity index (χ4n) is 0.842. The van der Waals surface area contributed by atoms with E-state index >= 15 is 0 Å². The van der Waals surface area contributed by atoms with Gasteiger partial charge in [-0.15, -0.1) is 0 Å². The quantitative estimate of drug-likeness (QED) is 0.738. The summed E-state index contributed by atoms with van der Waals surface area (Å²) in [6.45, 7) is 5.40. The molecule has 0 radical (unpaired) electrons. The van der Waals surface area contributed by atoms with Crippen molar-refractivity contribution in [1.82, 2.24) is 15.5 Å². The van der Waals surface area contributed by atoms with E-state index < -0.39 is 0 Å². The summed E-state index contributed by atoms with van der Waals surface area (Å²) in [5.41, 5.74) is 0. The Morgan fingerprint density at radius 2 is 2.38 bits per heavy atom. The van der Waals surface area contributed by atoms with Crippen molar-refractivity contribution in [2.75, 3.05) is 13.7 Å². The fraction of sp³-hybridized carbons (Fsp3) is 0.750. The molecular weight excluding hydrogens is 170 g/mol. The molecule has 0 aromatic carbocycles. The largest absolute Gasteiger partial charge is 0.374 e. The molecule has 0 spiro atoms. The molecule has 13 heavy (non-hydrogen) atoms. The van der Waals surface area contributed by atoms with Gasteiger partial charge < -0.3 is 14.6 Å². The van der Waals surface area contributed by atoms with Crippen LogP contribution in [-0.2, 0) is 11.3 Å². The zero-order valence-electron chi connectivity index (χ0n) is 8.20. The second kappa shape index (κ2) is 4.94. The number of methoxy groups -OCH3 is 1. The minimum absolute atomic E-state index is 0.112. The van der Waals surface area contributed by atoms with Crippen molar-refractivity contribution in [2.45, 2.75) is 26.5 Å². The first-order valence-electron chi connectivity index (χ1n) is 4.34. The molecule has 0 fully saturated rings. The van der Waals surface area contributed by atoms with Gasteiger partial charge in [-0.1, -0.05) is 12.1 Å². The molecule has 0 saturated carbocycles. The Hall–Kier alpha value is -0.940. The molecule has 5 nitrogen and oxygen atoms in total. The third-order valence-electron chi connectivity index (χ3n) is 1.73. The lowest BCUT2D eigenvalue weighted by molar-refractivity contribution is 0.109. The highest BCUT2D eigenvalue weighted by atomic mass is 16.5. The Kier molecular flexibility index (Phi) is 3.85. The smallest absolute Gasteiger partial charge is 0.240 e. The molecule has 0 aliphatic rings. The molecule has 1 unspecified atom stereocenters. The van der Waals surface area contributed by atoms with Crippen molar-refractivity contribution < 1.29 is 9.26 Å². The minimum Gasteiger partial charge on any atom is -0.374 e. The van der Waals surface area contributed by atoms with E-state index in [4.69, 9.17) is 9.26 Å². The Balaban J connectivity index is 2.53. The first-order valence-corrected chi connectivity index (χ1v) is 4.34. The molecule has 1 aromatic heterocycles. The van der Waals surface area contributed by atoms with Gasteiger partial charge >= 0.3 is 0 Å². The third-order valence-corrected chi connectivity index (χ3v) is 1.73. The molecule has 0 saturated heterocycles. The Morgan fingerprint density at radius 3 is 3.00 bits per heavy atom. The molecule has 1 atom stereocenters. The van der Waals surface area contributed by atoms with E-state index in [0.717, 1.165) is 6.54 Å². The van der Waals surface area contributed by atoms with Gasteiger partial charge in [0.15, 0.2) is 5.82 Å². The number of hydrogen-bond acceptors (Lipinski definition) is 5. The third kappa shape index (κ3) is 2.78. The minimum atomic E-state index is -0.112. The standard InChI is InChI=1S/C8H15N3O2/c1-4-9-5-7-10-8(11-13-7)6(2)12-3/h6,9H,4-5H2,1-3H3. The van der Waals surface area contributed by atoms with Crippen molar-refractivity contribution in [3.05, 3.63) is 11.7 Å². The number of nitrogens with one attached hydrogen (secondary N) is 1. The normalized spacial score (nSPS) is 13.2. The molecule has 1 heterocycles. The summed E-state index contributed by atoms with van der Waals surface area (Å²) in [5, 5.41) is 6.89. The lowest BCUT2D eigenvalue weighted by Crippen LogP contribution is -2.12. The lowest BCUT2D eigenvalue weighted by Gasteiger charge is -2.00. The summed E-state index contributed by atoms with van der Waals surface area (Å²) in [6.07, 6.45) is -0.112. The number of nitrogens with zero attached hydrogens (tertiary/aromatic N) is 2. The van der Waals surface area contributed by atoms with Crippen LogP contribution in [0.1, 0.15) is 31.7 Å². The average molecular weight is 185 g/mol. The second-order valence-corrected chi connectivity index (χ2v) is 2.70. The van der Waals surface area contributed by atoms with E-state index in [2.05, 4.69) is 15.5 Å². The van der Waals surface area contributed by atoms with E-state index in [1.54, 1.807) is 7.11 Å². The first-order chi connectivity index (χ1) is 6.27.